The van der Waals surface area contributed by atoms with E-state index in [2.05, 4.69) is 31.4 Å². The maximum Gasteiger partial charge on any atom is 0.139 e. The molecule has 62 valence electrons. The summed E-state index contributed by atoms with van der Waals surface area (Å²) in [6, 6.07) is 6.81. The Kier molecular flexibility index (Phi) is 2.18. The molecule has 2 heteroatoms. The molecule has 0 saturated heterocycles. The molecule has 0 amide bonds. The molecule has 0 unspecified atom stereocenters. The molecule has 0 bridgehead atoms. The average molecular weight is 159 g/mol. The third-order valence-electron chi connectivity index (χ3n) is 2.50. The van der Waals surface area contributed by atoms with Gasteiger partial charge in [-0.05, 0) is 37.1 Å². The fourth-order valence-corrected chi connectivity index (χ4v) is 1.80. The van der Waals surface area contributed by atoms with Crippen LogP contribution in [0.4, 0.5) is 0 Å². The molecule has 1 heterocycles. The Hall–Kier alpha value is -0.755. The van der Waals surface area contributed by atoms with Gasteiger partial charge in [-0.15, -0.1) is 0 Å². The molecule has 1 aliphatic heterocycles. The summed E-state index contributed by atoms with van der Waals surface area (Å²) in [6.45, 7) is 2.27. The van der Waals surface area contributed by atoms with Crippen LogP contribution in [0.3, 0.4) is 0 Å². The Morgan fingerprint density at radius 2 is 1.83 bits per heavy atom. The van der Waals surface area contributed by atoms with E-state index in [1.54, 1.807) is 5.56 Å². The molecule has 1 aromatic rings. The normalized spacial score (nSPS) is 16.7. The van der Waals surface area contributed by atoms with Crippen molar-refractivity contribution in [3.63, 3.8) is 0 Å². The largest absolute Gasteiger partial charge is 0.316 e. The number of rotatable bonds is 0. The van der Waals surface area contributed by atoms with Gasteiger partial charge in [-0.2, -0.15) is 0 Å². The van der Waals surface area contributed by atoms with Gasteiger partial charge in [-0.3, -0.25) is 0 Å². The van der Waals surface area contributed by atoms with Crippen LogP contribution < -0.4 is 10.8 Å². The van der Waals surface area contributed by atoms with Crippen molar-refractivity contribution in [1.82, 2.24) is 5.32 Å². The van der Waals surface area contributed by atoms with Gasteiger partial charge < -0.3 is 5.32 Å². The molecular formula is C10H14BN. The molecule has 0 aromatic heterocycles. The van der Waals surface area contributed by atoms with E-state index in [0.717, 1.165) is 13.1 Å². The minimum Gasteiger partial charge on any atom is -0.316 e. The fourth-order valence-electron chi connectivity index (χ4n) is 1.80. The lowest BCUT2D eigenvalue weighted by Gasteiger charge is -2.05. The lowest BCUT2D eigenvalue weighted by molar-refractivity contribution is 0.711. The van der Waals surface area contributed by atoms with E-state index in [4.69, 9.17) is 0 Å². The van der Waals surface area contributed by atoms with E-state index in [1.165, 1.54) is 23.9 Å². The number of benzene rings is 1. The van der Waals surface area contributed by atoms with Gasteiger partial charge in [-0.1, -0.05) is 23.7 Å². The number of hydrogen-bond donors (Lipinski definition) is 1. The predicted molar refractivity (Wildman–Crippen MR) is 54.9 cm³/mol. The van der Waals surface area contributed by atoms with Crippen LogP contribution in [0.25, 0.3) is 0 Å². The molecule has 0 atom stereocenters. The summed E-state index contributed by atoms with van der Waals surface area (Å²) in [4.78, 5) is 0. The van der Waals surface area contributed by atoms with Crippen molar-refractivity contribution >= 4 is 13.3 Å². The third kappa shape index (κ3) is 1.53. The molecule has 1 aromatic carbocycles. The second-order valence-corrected chi connectivity index (χ2v) is 3.52. The van der Waals surface area contributed by atoms with Gasteiger partial charge in [0.25, 0.3) is 0 Å². The first kappa shape index (κ1) is 7.87. The van der Waals surface area contributed by atoms with Crippen molar-refractivity contribution in [1.29, 1.82) is 0 Å². The molecule has 0 aliphatic carbocycles. The van der Waals surface area contributed by atoms with E-state index < -0.39 is 0 Å². The highest BCUT2D eigenvalue weighted by molar-refractivity contribution is 6.32. The average Bonchev–Trinajstić information content (AvgIpc) is 2.28. The zero-order chi connectivity index (χ0) is 8.39. The van der Waals surface area contributed by atoms with Gasteiger partial charge in [0.15, 0.2) is 0 Å². The van der Waals surface area contributed by atoms with E-state index in [9.17, 15) is 0 Å². The Balaban J connectivity index is 2.36. The van der Waals surface area contributed by atoms with Gasteiger partial charge in [0, 0.05) is 0 Å². The molecule has 1 N–H and O–H groups in total. The standard InChI is InChI=1S/C10H14BN/c11-10-2-1-8-3-5-12-6-4-9(8)7-10/h1-2,7,12H,3-6,11H2. The molecule has 2 rings (SSSR count). The van der Waals surface area contributed by atoms with Crippen molar-refractivity contribution < 1.29 is 0 Å². The van der Waals surface area contributed by atoms with Gasteiger partial charge in [0.2, 0.25) is 0 Å². The van der Waals surface area contributed by atoms with Crippen molar-refractivity contribution in [3.8, 4) is 0 Å². The Bertz CT molecular complexity index is 283. The maximum atomic E-state index is 3.41. The molecule has 0 saturated carbocycles. The number of nitrogens with one attached hydrogen (secondary N) is 1. The molecular weight excluding hydrogens is 145 g/mol. The van der Waals surface area contributed by atoms with Gasteiger partial charge >= 0.3 is 0 Å². The van der Waals surface area contributed by atoms with Gasteiger partial charge in [0.1, 0.15) is 7.85 Å². The van der Waals surface area contributed by atoms with Crippen LogP contribution in [-0.2, 0) is 12.8 Å². The summed E-state index contributed by atoms with van der Waals surface area (Å²) in [5, 5.41) is 3.41. The topological polar surface area (TPSA) is 12.0 Å². The van der Waals surface area contributed by atoms with E-state index in [1.807, 2.05) is 0 Å². The summed E-state index contributed by atoms with van der Waals surface area (Å²) in [5.74, 6) is 0. The minimum absolute atomic E-state index is 1.13. The molecule has 12 heavy (non-hydrogen) atoms. The molecule has 1 aliphatic rings. The zero-order valence-electron chi connectivity index (χ0n) is 7.56. The van der Waals surface area contributed by atoms with E-state index in [-0.39, 0.29) is 0 Å². The Labute approximate surface area is 74.6 Å². The highest BCUT2D eigenvalue weighted by Crippen LogP contribution is 2.10. The van der Waals surface area contributed by atoms with Crippen LogP contribution in [-0.4, -0.2) is 20.9 Å². The van der Waals surface area contributed by atoms with Gasteiger partial charge in [-0.25, -0.2) is 0 Å². The second kappa shape index (κ2) is 3.32. The summed E-state index contributed by atoms with van der Waals surface area (Å²) in [7, 11) is 2.17. The lowest BCUT2D eigenvalue weighted by atomic mass is 9.90. The lowest BCUT2D eigenvalue weighted by Crippen LogP contribution is -2.16. The summed E-state index contributed by atoms with van der Waals surface area (Å²) >= 11 is 0. The summed E-state index contributed by atoms with van der Waals surface area (Å²) in [5.41, 5.74) is 4.46. The van der Waals surface area contributed by atoms with Crippen LogP contribution >= 0.6 is 0 Å². The highest BCUT2D eigenvalue weighted by Gasteiger charge is 2.05. The SMILES string of the molecule is Bc1ccc2c(c1)CCNCC2. The van der Waals surface area contributed by atoms with Crippen LogP contribution in [0, 0.1) is 0 Å². The fraction of sp³-hybridized carbons (Fsp3) is 0.400. The smallest absolute Gasteiger partial charge is 0.139 e. The van der Waals surface area contributed by atoms with Crippen molar-refractivity contribution in [3.05, 3.63) is 29.3 Å². The van der Waals surface area contributed by atoms with Crippen LogP contribution in [0.15, 0.2) is 18.2 Å². The first-order chi connectivity index (χ1) is 5.86. The predicted octanol–water partition coefficient (Wildman–Crippen LogP) is -0.367. The van der Waals surface area contributed by atoms with Crippen LogP contribution in [0.2, 0.25) is 0 Å². The van der Waals surface area contributed by atoms with Crippen LogP contribution in [0.1, 0.15) is 11.1 Å². The molecule has 0 fully saturated rings. The summed E-state index contributed by atoms with van der Waals surface area (Å²) in [6.07, 6.45) is 2.38. The van der Waals surface area contributed by atoms with Gasteiger partial charge in [0.05, 0.1) is 0 Å². The first-order valence-electron chi connectivity index (χ1n) is 4.65. The third-order valence-corrected chi connectivity index (χ3v) is 2.50. The van der Waals surface area contributed by atoms with Crippen molar-refractivity contribution in [2.45, 2.75) is 12.8 Å². The first-order valence-corrected chi connectivity index (χ1v) is 4.65. The maximum absolute atomic E-state index is 3.41. The summed E-state index contributed by atoms with van der Waals surface area (Å²) < 4.78 is 0. The quantitative estimate of drug-likeness (QED) is 0.509. The Morgan fingerprint density at radius 3 is 2.67 bits per heavy atom. The zero-order valence-corrected chi connectivity index (χ0v) is 7.56. The second-order valence-electron chi connectivity index (χ2n) is 3.52. The minimum atomic E-state index is 1.13. The Morgan fingerprint density at radius 1 is 1.08 bits per heavy atom. The highest BCUT2D eigenvalue weighted by atomic mass is 14.8. The number of fused-ring (bicyclic) bond motifs is 1. The molecule has 0 spiro atoms. The van der Waals surface area contributed by atoms with Crippen molar-refractivity contribution in [2.75, 3.05) is 13.1 Å². The van der Waals surface area contributed by atoms with E-state index in [0.29, 0.717) is 0 Å². The van der Waals surface area contributed by atoms with Crippen molar-refractivity contribution in [2.24, 2.45) is 0 Å². The molecule has 0 radical (unpaired) electrons. The number of hydrogen-bond acceptors (Lipinski definition) is 1. The molecule has 1 nitrogen and oxygen atoms in total. The monoisotopic (exact) mass is 159 g/mol. The van der Waals surface area contributed by atoms with E-state index >= 15 is 0 Å². The van der Waals surface area contributed by atoms with Crippen LogP contribution in [0.5, 0.6) is 0 Å².